The molecule has 2 aromatic rings. The van der Waals surface area contributed by atoms with Crippen LogP contribution in [0.15, 0.2) is 46.4 Å². The smallest absolute Gasteiger partial charge is 0.295 e. The van der Waals surface area contributed by atoms with Gasteiger partial charge in [-0.05, 0) is 59.1 Å². The van der Waals surface area contributed by atoms with E-state index in [1.807, 2.05) is 32.8 Å². The number of hydrogen-bond acceptors (Lipinski definition) is 6. The fourth-order valence-corrected chi connectivity index (χ4v) is 3.46. The summed E-state index contributed by atoms with van der Waals surface area (Å²) in [5.41, 5.74) is 0.432. The van der Waals surface area contributed by atoms with Gasteiger partial charge in [0.1, 0.15) is 29.1 Å². The molecular weight excluding hydrogens is 384 g/mol. The van der Waals surface area contributed by atoms with Crippen LogP contribution in [-0.4, -0.2) is 59.9 Å². The van der Waals surface area contributed by atoms with Crippen molar-refractivity contribution in [1.29, 1.82) is 0 Å². The van der Waals surface area contributed by atoms with Gasteiger partial charge in [-0.25, -0.2) is 0 Å². The van der Waals surface area contributed by atoms with Crippen LogP contribution in [0.1, 0.15) is 37.0 Å². The summed E-state index contributed by atoms with van der Waals surface area (Å²) in [6.07, 6.45) is -0.0369. The minimum Gasteiger partial charge on any atom is -0.507 e. The number of carbonyl (C=O) groups excluding carboxylic acids is 2. The molecule has 0 radical (unpaired) electrons. The Morgan fingerprint density at radius 2 is 1.97 bits per heavy atom. The Morgan fingerprint density at radius 3 is 2.57 bits per heavy atom. The number of likely N-dealkylation sites (N-methyl/N-ethyl adjacent to an activating group) is 1. The Bertz CT molecular complexity index is 973. The van der Waals surface area contributed by atoms with Gasteiger partial charge in [-0.1, -0.05) is 12.1 Å². The number of aliphatic hydroxyl groups is 1. The number of nitrogens with zero attached hydrogens (tertiary/aromatic N) is 2. The molecule has 0 saturated carbocycles. The van der Waals surface area contributed by atoms with Crippen molar-refractivity contribution in [3.8, 4) is 5.75 Å². The number of carbonyl (C=O) groups is 2. The number of benzene rings is 1. The van der Waals surface area contributed by atoms with E-state index in [4.69, 9.17) is 9.15 Å². The number of hydrogen-bond donors (Lipinski definition) is 1. The lowest BCUT2D eigenvalue weighted by molar-refractivity contribution is -0.140. The van der Waals surface area contributed by atoms with E-state index in [0.717, 1.165) is 0 Å². The van der Waals surface area contributed by atoms with Gasteiger partial charge >= 0.3 is 0 Å². The third-order valence-electron chi connectivity index (χ3n) is 4.84. The lowest BCUT2D eigenvalue weighted by Crippen LogP contribution is -2.35. The van der Waals surface area contributed by atoms with Gasteiger partial charge < -0.3 is 24.1 Å². The predicted octanol–water partition coefficient (Wildman–Crippen LogP) is 3.36. The molecule has 1 atom stereocenters. The molecule has 0 spiro atoms. The highest BCUT2D eigenvalue weighted by Gasteiger charge is 2.47. The number of aliphatic hydroxyl groups excluding tert-OH is 1. The molecule has 30 heavy (non-hydrogen) atoms. The zero-order valence-electron chi connectivity index (χ0n) is 18.0. The first-order chi connectivity index (χ1) is 14.2. The van der Waals surface area contributed by atoms with Crippen molar-refractivity contribution in [3.63, 3.8) is 0 Å². The van der Waals surface area contributed by atoms with Gasteiger partial charge in [-0.2, -0.15) is 0 Å². The molecule has 1 unspecified atom stereocenters. The summed E-state index contributed by atoms with van der Waals surface area (Å²) in [4.78, 5) is 29.1. The van der Waals surface area contributed by atoms with Crippen LogP contribution in [0.3, 0.4) is 0 Å². The van der Waals surface area contributed by atoms with E-state index in [2.05, 4.69) is 0 Å². The van der Waals surface area contributed by atoms with E-state index in [0.29, 0.717) is 35.9 Å². The molecule has 1 N–H and O–H groups in total. The second kappa shape index (κ2) is 8.75. The second-order valence-electron chi connectivity index (χ2n) is 7.94. The average Bonchev–Trinajstić information content (AvgIpc) is 3.21. The molecule has 7 heteroatoms. The van der Waals surface area contributed by atoms with E-state index in [-0.39, 0.29) is 17.4 Å². The topological polar surface area (TPSA) is 83.2 Å². The highest BCUT2D eigenvalue weighted by molar-refractivity contribution is 6.46. The molecule has 1 aliphatic heterocycles. The first-order valence-corrected chi connectivity index (χ1v) is 9.95. The van der Waals surface area contributed by atoms with E-state index < -0.39 is 17.7 Å². The molecule has 1 fully saturated rings. The number of Topliss-reactive ketones (excluding diaryl/α,β-unsaturated/α-hetero) is 1. The molecule has 1 amide bonds. The summed E-state index contributed by atoms with van der Waals surface area (Å²) in [6, 6.07) is 9.58. The van der Waals surface area contributed by atoms with Crippen LogP contribution in [0.2, 0.25) is 0 Å². The summed E-state index contributed by atoms with van der Waals surface area (Å²) in [6.45, 7) is 6.50. The normalized spacial score (nSPS) is 18.6. The van der Waals surface area contributed by atoms with Crippen LogP contribution < -0.4 is 4.74 Å². The van der Waals surface area contributed by atoms with Crippen LogP contribution in [0.25, 0.3) is 5.76 Å². The van der Waals surface area contributed by atoms with Crippen LogP contribution in [-0.2, 0) is 9.59 Å². The van der Waals surface area contributed by atoms with Gasteiger partial charge in [0.2, 0.25) is 0 Å². The number of amides is 1. The maximum absolute atomic E-state index is 12.9. The lowest BCUT2D eigenvalue weighted by Gasteiger charge is -2.24. The number of ketones is 1. The van der Waals surface area contributed by atoms with Gasteiger partial charge in [-0.15, -0.1) is 0 Å². The van der Waals surface area contributed by atoms with Crippen molar-refractivity contribution in [1.82, 2.24) is 9.80 Å². The Balaban J connectivity index is 2.09. The summed E-state index contributed by atoms with van der Waals surface area (Å²) in [7, 11) is 3.78. The zero-order chi connectivity index (χ0) is 22.0. The van der Waals surface area contributed by atoms with Crippen LogP contribution in [0, 0.1) is 6.92 Å². The molecule has 0 aliphatic carbocycles. The van der Waals surface area contributed by atoms with Crippen molar-refractivity contribution >= 4 is 17.4 Å². The van der Waals surface area contributed by atoms with Crippen molar-refractivity contribution in [2.75, 3.05) is 27.2 Å². The summed E-state index contributed by atoms with van der Waals surface area (Å²) < 4.78 is 11.5. The molecule has 160 valence electrons. The quantitative estimate of drug-likeness (QED) is 0.427. The number of furan rings is 1. The fourth-order valence-electron chi connectivity index (χ4n) is 3.46. The van der Waals surface area contributed by atoms with Gasteiger partial charge in [0.15, 0.2) is 0 Å². The van der Waals surface area contributed by atoms with Gasteiger partial charge in [0.25, 0.3) is 11.7 Å². The number of likely N-dealkylation sites (tertiary alicyclic amines) is 1. The maximum atomic E-state index is 12.9. The SMILES string of the molecule is Cc1ccc(C2/C(=C(/O)c3cccc(OC(C)C)c3)C(=O)C(=O)N2CCN(C)C)o1. The molecule has 1 saturated heterocycles. The molecule has 3 rings (SSSR count). The predicted molar refractivity (Wildman–Crippen MR) is 113 cm³/mol. The van der Waals surface area contributed by atoms with Gasteiger partial charge in [-0.3, -0.25) is 9.59 Å². The van der Waals surface area contributed by atoms with Crippen molar-refractivity contribution in [3.05, 3.63) is 59.1 Å². The highest BCUT2D eigenvalue weighted by atomic mass is 16.5. The Kier molecular flexibility index (Phi) is 6.31. The first-order valence-electron chi connectivity index (χ1n) is 9.95. The van der Waals surface area contributed by atoms with E-state index in [1.165, 1.54) is 4.90 Å². The monoisotopic (exact) mass is 412 g/mol. The fraction of sp³-hybridized carbons (Fsp3) is 0.391. The molecule has 7 nitrogen and oxygen atoms in total. The minimum absolute atomic E-state index is 0.0230. The summed E-state index contributed by atoms with van der Waals surface area (Å²) in [5, 5.41) is 11.1. The number of ether oxygens (including phenoxy) is 1. The first kappa shape index (κ1) is 21.6. The maximum Gasteiger partial charge on any atom is 0.295 e. The van der Waals surface area contributed by atoms with Gasteiger partial charge in [0, 0.05) is 18.7 Å². The zero-order valence-corrected chi connectivity index (χ0v) is 18.0. The standard InChI is InChI=1S/C23H28N2O5/c1-14(2)29-17-8-6-7-16(13-17)21(26)19-20(18-10-9-15(3)30-18)25(12-11-24(4)5)23(28)22(19)27/h6-10,13-14,20,26H,11-12H2,1-5H3/b21-19-. The third-order valence-corrected chi connectivity index (χ3v) is 4.84. The number of aryl methyl sites for hydroxylation is 1. The molecular formula is C23H28N2O5. The van der Waals surface area contributed by atoms with E-state index >= 15 is 0 Å². The lowest BCUT2D eigenvalue weighted by atomic mass is 9.99. The van der Waals surface area contributed by atoms with Crippen LogP contribution in [0.4, 0.5) is 0 Å². The third kappa shape index (κ3) is 4.41. The second-order valence-corrected chi connectivity index (χ2v) is 7.94. The molecule has 0 bridgehead atoms. The summed E-state index contributed by atoms with van der Waals surface area (Å²) in [5.74, 6) is 0.0693. The Labute approximate surface area is 176 Å². The van der Waals surface area contributed by atoms with Gasteiger partial charge in [0.05, 0.1) is 11.7 Å². The molecule has 1 aliphatic rings. The largest absolute Gasteiger partial charge is 0.507 e. The molecule has 1 aromatic heterocycles. The summed E-state index contributed by atoms with van der Waals surface area (Å²) >= 11 is 0. The highest BCUT2D eigenvalue weighted by Crippen LogP contribution is 2.40. The van der Waals surface area contributed by atoms with E-state index in [9.17, 15) is 14.7 Å². The Hall–Kier alpha value is -3.06. The molecule has 2 heterocycles. The van der Waals surface area contributed by atoms with E-state index in [1.54, 1.807) is 43.3 Å². The average molecular weight is 412 g/mol. The number of rotatable bonds is 7. The molecule has 1 aromatic carbocycles. The van der Waals surface area contributed by atoms with Crippen molar-refractivity contribution < 1.29 is 23.8 Å². The van der Waals surface area contributed by atoms with Crippen LogP contribution >= 0.6 is 0 Å². The Morgan fingerprint density at radius 1 is 1.23 bits per heavy atom. The van der Waals surface area contributed by atoms with Crippen molar-refractivity contribution in [2.45, 2.75) is 32.9 Å². The minimum atomic E-state index is -0.784. The van der Waals surface area contributed by atoms with Crippen LogP contribution in [0.5, 0.6) is 5.75 Å². The van der Waals surface area contributed by atoms with Crippen molar-refractivity contribution in [2.24, 2.45) is 0 Å².